The molecule has 0 bridgehead atoms. The second-order valence-corrected chi connectivity index (χ2v) is 7.52. The summed E-state index contributed by atoms with van der Waals surface area (Å²) in [5, 5.41) is 0. The van der Waals surface area contributed by atoms with Gasteiger partial charge in [0.15, 0.2) is 0 Å². The molecule has 0 radical (unpaired) electrons. The van der Waals surface area contributed by atoms with Crippen molar-refractivity contribution < 1.29 is 9.47 Å². The minimum Gasteiger partial charge on any atom is -0.496 e. The van der Waals surface area contributed by atoms with Crippen LogP contribution in [-0.4, -0.2) is 41.7 Å². The van der Waals surface area contributed by atoms with Crippen LogP contribution in [0.2, 0.25) is 0 Å². The van der Waals surface area contributed by atoms with Gasteiger partial charge in [-0.3, -0.25) is 9.88 Å². The first kappa shape index (κ1) is 19.0. The molecule has 28 heavy (non-hydrogen) atoms. The van der Waals surface area contributed by atoms with Crippen molar-refractivity contribution >= 4 is 11.0 Å². The molecule has 1 fully saturated rings. The van der Waals surface area contributed by atoms with Crippen LogP contribution in [0, 0.1) is 0 Å². The van der Waals surface area contributed by atoms with Crippen LogP contribution in [0.4, 0.5) is 0 Å². The highest BCUT2D eigenvalue weighted by molar-refractivity contribution is 5.75. The lowest BCUT2D eigenvalue weighted by molar-refractivity contribution is 0.131. The molecule has 0 unspecified atom stereocenters. The summed E-state index contributed by atoms with van der Waals surface area (Å²) in [5.74, 6) is 1.43. The molecule has 1 N–H and O–H groups in total. The second-order valence-electron chi connectivity index (χ2n) is 7.52. The van der Waals surface area contributed by atoms with Gasteiger partial charge in [-0.1, -0.05) is 6.07 Å². The molecule has 1 aromatic carbocycles. The highest BCUT2D eigenvalue weighted by Gasteiger charge is 2.23. The Morgan fingerprint density at radius 1 is 1.25 bits per heavy atom. The number of hydrogen-bond donors (Lipinski definition) is 1. The summed E-state index contributed by atoms with van der Waals surface area (Å²) in [7, 11) is 1.72. The summed E-state index contributed by atoms with van der Waals surface area (Å²) in [6, 6.07) is 12.8. The van der Waals surface area contributed by atoms with E-state index in [4.69, 9.17) is 9.47 Å². The van der Waals surface area contributed by atoms with Gasteiger partial charge in [-0.15, -0.1) is 0 Å². The lowest BCUT2D eigenvalue weighted by atomic mass is 9.94. The zero-order valence-electron chi connectivity index (χ0n) is 16.8. The van der Waals surface area contributed by atoms with E-state index in [2.05, 4.69) is 45.2 Å². The zero-order chi connectivity index (χ0) is 19.3. The fourth-order valence-corrected chi connectivity index (χ4v) is 4.16. The Hall–Kier alpha value is -2.37. The molecular formula is C23H29N3O2. The third kappa shape index (κ3) is 4.21. The summed E-state index contributed by atoms with van der Waals surface area (Å²) in [5.41, 5.74) is 5.94. The van der Waals surface area contributed by atoms with Gasteiger partial charge in [0, 0.05) is 43.1 Å². The first-order valence-corrected chi connectivity index (χ1v) is 10.2. The van der Waals surface area contributed by atoms with E-state index >= 15 is 0 Å². The standard InChI is InChI=1S/C23H29N3O2/c1-3-28-16-19-12-17(8-9-23(19)27-2)14-26-11-5-6-18(15-26)21-13-22-20(25-21)7-4-10-24-22/h4,7-10,12-13,18,25H,3,5-6,11,14-16H2,1-2H3/t18-/m1/s1. The first-order valence-electron chi connectivity index (χ1n) is 10.2. The van der Waals surface area contributed by atoms with Crippen LogP contribution >= 0.6 is 0 Å². The summed E-state index contributed by atoms with van der Waals surface area (Å²) < 4.78 is 11.1. The molecule has 1 saturated heterocycles. The van der Waals surface area contributed by atoms with Gasteiger partial charge in [0.1, 0.15) is 5.75 Å². The number of methoxy groups -OCH3 is 1. The summed E-state index contributed by atoms with van der Waals surface area (Å²) in [6.07, 6.45) is 4.30. The monoisotopic (exact) mass is 379 g/mol. The molecule has 3 aromatic rings. The van der Waals surface area contributed by atoms with Gasteiger partial charge in [-0.25, -0.2) is 0 Å². The average molecular weight is 380 g/mol. The van der Waals surface area contributed by atoms with E-state index in [0.717, 1.165) is 42.0 Å². The Bertz CT molecular complexity index is 888. The van der Waals surface area contributed by atoms with Gasteiger partial charge in [0.25, 0.3) is 0 Å². The Morgan fingerprint density at radius 2 is 2.18 bits per heavy atom. The van der Waals surface area contributed by atoms with Crippen molar-refractivity contribution in [2.24, 2.45) is 0 Å². The minimum absolute atomic E-state index is 0.532. The smallest absolute Gasteiger partial charge is 0.124 e. The van der Waals surface area contributed by atoms with Gasteiger partial charge in [-0.2, -0.15) is 0 Å². The molecule has 1 aliphatic heterocycles. The number of likely N-dealkylation sites (tertiary alicyclic amines) is 1. The first-order chi connectivity index (χ1) is 13.8. The van der Waals surface area contributed by atoms with E-state index < -0.39 is 0 Å². The largest absolute Gasteiger partial charge is 0.496 e. The summed E-state index contributed by atoms with van der Waals surface area (Å²) in [4.78, 5) is 10.6. The SMILES string of the molecule is CCOCc1cc(CN2CCC[C@@H](c3cc4ncccc4[nH]3)C2)ccc1OC. The molecule has 4 rings (SSSR count). The molecule has 0 saturated carbocycles. The molecule has 0 amide bonds. The maximum absolute atomic E-state index is 5.61. The third-order valence-corrected chi connectivity index (χ3v) is 5.57. The van der Waals surface area contributed by atoms with Crippen molar-refractivity contribution in [2.45, 2.75) is 38.8 Å². The van der Waals surface area contributed by atoms with Gasteiger partial charge in [-0.05, 0) is 62.2 Å². The number of aromatic nitrogens is 2. The number of hydrogen-bond acceptors (Lipinski definition) is 4. The number of nitrogens with zero attached hydrogens (tertiary/aromatic N) is 2. The lowest BCUT2D eigenvalue weighted by Crippen LogP contribution is -2.34. The molecule has 2 aromatic heterocycles. The number of rotatable bonds is 7. The van der Waals surface area contributed by atoms with Crippen molar-refractivity contribution in [3.8, 4) is 5.75 Å². The number of pyridine rings is 1. The molecule has 148 valence electrons. The number of H-pyrrole nitrogens is 1. The topological polar surface area (TPSA) is 50.4 Å². The predicted molar refractivity (Wildman–Crippen MR) is 112 cm³/mol. The number of ether oxygens (including phenoxy) is 2. The third-order valence-electron chi connectivity index (χ3n) is 5.57. The molecule has 5 nitrogen and oxygen atoms in total. The summed E-state index contributed by atoms with van der Waals surface area (Å²) in [6.45, 7) is 6.49. The second kappa shape index (κ2) is 8.76. The summed E-state index contributed by atoms with van der Waals surface area (Å²) >= 11 is 0. The molecule has 1 aliphatic rings. The van der Waals surface area contributed by atoms with Crippen molar-refractivity contribution in [3.63, 3.8) is 0 Å². The number of benzene rings is 1. The van der Waals surface area contributed by atoms with Crippen LogP contribution in [0.15, 0.2) is 42.6 Å². The van der Waals surface area contributed by atoms with Crippen molar-refractivity contribution in [1.82, 2.24) is 14.9 Å². The Labute approximate surface area is 166 Å². The van der Waals surface area contributed by atoms with Gasteiger partial charge < -0.3 is 14.5 Å². The Kier molecular flexibility index (Phi) is 5.93. The van der Waals surface area contributed by atoms with Gasteiger partial charge in [0.05, 0.1) is 24.8 Å². The van der Waals surface area contributed by atoms with Crippen LogP contribution in [0.3, 0.4) is 0 Å². The fourth-order valence-electron chi connectivity index (χ4n) is 4.16. The molecule has 3 heterocycles. The normalized spacial score (nSPS) is 17.9. The van der Waals surface area contributed by atoms with E-state index in [-0.39, 0.29) is 0 Å². The number of aromatic amines is 1. The Balaban J connectivity index is 1.46. The van der Waals surface area contributed by atoms with Crippen LogP contribution in [0.1, 0.15) is 42.5 Å². The van der Waals surface area contributed by atoms with Crippen LogP contribution in [0.5, 0.6) is 5.75 Å². The molecule has 0 aliphatic carbocycles. The number of fused-ring (bicyclic) bond motifs is 1. The fraction of sp³-hybridized carbons (Fsp3) is 0.435. The lowest BCUT2D eigenvalue weighted by Gasteiger charge is -2.32. The maximum Gasteiger partial charge on any atom is 0.124 e. The quantitative estimate of drug-likeness (QED) is 0.657. The number of nitrogens with one attached hydrogen (secondary N) is 1. The Morgan fingerprint density at radius 3 is 3.00 bits per heavy atom. The molecule has 1 atom stereocenters. The van der Waals surface area contributed by atoms with Crippen LogP contribution < -0.4 is 4.74 Å². The van der Waals surface area contributed by atoms with Gasteiger partial charge in [0.2, 0.25) is 0 Å². The van der Waals surface area contributed by atoms with E-state index in [1.807, 2.05) is 19.2 Å². The van der Waals surface area contributed by atoms with E-state index in [9.17, 15) is 0 Å². The van der Waals surface area contributed by atoms with Crippen LogP contribution in [-0.2, 0) is 17.9 Å². The van der Waals surface area contributed by atoms with E-state index in [1.165, 1.54) is 24.1 Å². The minimum atomic E-state index is 0.532. The average Bonchev–Trinajstić information content (AvgIpc) is 3.17. The van der Waals surface area contributed by atoms with E-state index in [1.54, 1.807) is 7.11 Å². The van der Waals surface area contributed by atoms with Crippen LogP contribution in [0.25, 0.3) is 11.0 Å². The zero-order valence-corrected chi connectivity index (χ0v) is 16.8. The molecule has 5 heteroatoms. The van der Waals surface area contributed by atoms with Gasteiger partial charge >= 0.3 is 0 Å². The van der Waals surface area contributed by atoms with Crippen molar-refractivity contribution in [1.29, 1.82) is 0 Å². The maximum atomic E-state index is 5.61. The van der Waals surface area contributed by atoms with E-state index in [0.29, 0.717) is 19.1 Å². The highest BCUT2D eigenvalue weighted by atomic mass is 16.5. The molecule has 0 spiro atoms. The molecular weight excluding hydrogens is 350 g/mol. The van der Waals surface area contributed by atoms with Crippen molar-refractivity contribution in [3.05, 3.63) is 59.4 Å². The highest BCUT2D eigenvalue weighted by Crippen LogP contribution is 2.30. The van der Waals surface area contributed by atoms with Crippen molar-refractivity contribution in [2.75, 3.05) is 26.8 Å². The number of piperidine rings is 1. The predicted octanol–water partition coefficient (Wildman–Crippen LogP) is 4.49.